The number of piperidine rings is 1. The first-order valence-electron chi connectivity index (χ1n) is 6.48. The summed E-state index contributed by atoms with van der Waals surface area (Å²) in [5.74, 6) is 0. The molecule has 2 aliphatic rings. The lowest BCUT2D eigenvalue weighted by Gasteiger charge is -2.35. The van der Waals surface area contributed by atoms with E-state index in [0.29, 0.717) is 6.61 Å². The third kappa shape index (κ3) is 3.74. The second-order valence-corrected chi connectivity index (χ2v) is 4.93. The molecule has 15 heavy (non-hydrogen) atoms. The van der Waals surface area contributed by atoms with Crippen molar-refractivity contribution in [3.05, 3.63) is 0 Å². The van der Waals surface area contributed by atoms with Crippen molar-refractivity contribution in [2.45, 2.75) is 50.6 Å². The molecule has 1 heterocycles. The average molecular weight is 212 g/mol. The van der Waals surface area contributed by atoms with Crippen LogP contribution in [0, 0.1) is 0 Å². The number of aliphatic hydroxyl groups is 1. The Labute approximate surface area is 92.8 Å². The molecule has 2 fully saturated rings. The Morgan fingerprint density at radius 2 is 2.07 bits per heavy atom. The lowest BCUT2D eigenvalue weighted by atomic mass is 9.99. The summed E-state index contributed by atoms with van der Waals surface area (Å²) in [6, 6.07) is 1.55. The summed E-state index contributed by atoms with van der Waals surface area (Å²) in [6.07, 6.45) is 8.03. The summed E-state index contributed by atoms with van der Waals surface area (Å²) in [4.78, 5) is 2.47. The van der Waals surface area contributed by atoms with Gasteiger partial charge in [-0.1, -0.05) is 6.42 Å². The maximum atomic E-state index is 9.00. The Morgan fingerprint density at radius 1 is 1.20 bits per heavy atom. The molecule has 0 aromatic carbocycles. The molecule has 0 radical (unpaired) electrons. The number of nitrogens with one attached hydrogen (secondary N) is 1. The molecule has 1 aliphatic heterocycles. The van der Waals surface area contributed by atoms with E-state index in [-0.39, 0.29) is 0 Å². The van der Waals surface area contributed by atoms with Gasteiger partial charge in [-0.05, 0) is 45.2 Å². The summed E-state index contributed by atoms with van der Waals surface area (Å²) >= 11 is 0. The van der Waals surface area contributed by atoms with Gasteiger partial charge in [-0.15, -0.1) is 0 Å². The average Bonchev–Trinajstić information content (AvgIpc) is 3.05. The first-order valence-corrected chi connectivity index (χ1v) is 6.48. The molecule has 3 heteroatoms. The Morgan fingerprint density at radius 3 is 2.80 bits per heavy atom. The number of aliphatic hydroxyl groups excluding tert-OH is 1. The molecule has 3 nitrogen and oxygen atoms in total. The van der Waals surface area contributed by atoms with Crippen molar-refractivity contribution in [2.75, 3.05) is 26.2 Å². The van der Waals surface area contributed by atoms with E-state index in [4.69, 9.17) is 5.11 Å². The van der Waals surface area contributed by atoms with Gasteiger partial charge in [0.15, 0.2) is 0 Å². The standard InChI is InChI=1S/C12H24N2O/c15-10-9-14-8-2-1-3-12(14)6-7-13-11-4-5-11/h11-13,15H,1-10H2. The van der Waals surface area contributed by atoms with Crippen LogP contribution in [0.2, 0.25) is 0 Å². The van der Waals surface area contributed by atoms with Gasteiger partial charge in [-0.2, -0.15) is 0 Å². The predicted octanol–water partition coefficient (Wildman–Crippen LogP) is 0.975. The van der Waals surface area contributed by atoms with Crippen LogP contribution in [0.1, 0.15) is 38.5 Å². The lowest BCUT2D eigenvalue weighted by molar-refractivity contribution is 0.111. The lowest BCUT2D eigenvalue weighted by Crippen LogP contribution is -2.42. The minimum Gasteiger partial charge on any atom is -0.395 e. The SMILES string of the molecule is OCCN1CCCCC1CCNC1CC1. The van der Waals surface area contributed by atoms with E-state index >= 15 is 0 Å². The fraction of sp³-hybridized carbons (Fsp3) is 1.00. The molecule has 88 valence electrons. The van der Waals surface area contributed by atoms with Crippen molar-refractivity contribution in [1.29, 1.82) is 0 Å². The third-order valence-corrected chi connectivity index (χ3v) is 3.62. The van der Waals surface area contributed by atoms with Gasteiger partial charge in [0, 0.05) is 18.6 Å². The molecule has 0 aromatic rings. The van der Waals surface area contributed by atoms with Crippen LogP contribution >= 0.6 is 0 Å². The molecular weight excluding hydrogens is 188 g/mol. The fourth-order valence-electron chi connectivity index (χ4n) is 2.55. The second kappa shape index (κ2) is 5.83. The van der Waals surface area contributed by atoms with Crippen molar-refractivity contribution in [3.63, 3.8) is 0 Å². The van der Waals surface area contributed by atoms with Crippen molar-refractivity contribution in [1.82, 2.24) is 10.2 Å². The van der Waals surface area contributed by atoms with Crippen molar-refractivity contribution in [3.8, 4) is 0 Å². The highest BCUT2D eigenvalue weighted by Crippen LogP contribution is 2.21. The van der Waals surface area contributed by atoms with Crippen molar-refractivity contribution >= 4 is 0 Å². The zero-order valence-corrected chi connectivity index (χ0v) is 9.62. The van der Waals surface area contributed by atoms with Gasteiger partial charge < -0.3 is 10.4 Å². The Balaban J connectivity index is 1.66. The summed E-state index contributed by atoms with van der Waals surface area (Å²) in [5, 5.41) is 12.6. The van der Waals surface area contributed by atoms with E-state index in [2.05, 4.69) is 10.2 Å². The number of rotatable bonds is 6. The third-order valence-electron chi connectivity index (χ3n) is 3.62. The molecule has 1 aliphatic carbocycles. The molecule has 1 saturated carbocycles. The van der Waals surface area contributed by atoms with Gasteiger partial charge in [0.05, 0.1) is 6.61 Å². The van der Waals surface area contributed by atoms with Crippen LogP contribution < -0.4 is 5.32 Å². The molecule has 1 unspecified atom stereocenters. The molecule has 0 bridgehead atoms. The second-order valence-electron chi connectivity index (χ2n) is 4.93. The topological polar surface area (TPSA) is 35.5 Å². The molecule has 1 atom stereocenters. The Hall–Kier alpha value is -0.120. The van der Waals surface area contributed by atoms with E-state index in [1.807, 2.05) is 0 Å². The van der Waals surface area contributed by atoms with E-state index < -0.39 is 0 Å². The van der Waals surface area contributed by atoms with Gasteiger partial charge in [-0.3, -0.25) is 4.90 Å². The Kier molecular flexibility index (Phi) is 4.42. The molecule has 2 N–H and O–H groups in total. The van der Waals surface area contributed by atoms with Gasteiger partial charge in [0.25, 0.3) is 0 Å². The zero-order chi connectivity index (χ0) is 10.5. The van der Waals surface area contributed by atoms with E-state index in [9.17, 15) is 0 Å². The normalized spacial score (nSPS) is 28.2. The maximum absolute atomic E-state index is 9.00. The number of likely N-dealkylation sites (tertiary alicyclic amines) is 1. The van der Waals surface area contributed by atoms with Gasteiger partial charge in [-0.25, -0.2) is 0 Å². The summed E-state index contributed by atoms with van der Waals surface area (Å²) in [5.41, 5.74) is 0. The van der Waals surface area contributed by atoms with Crippen LogP contribution in [0.15, 0.2) is 0 Å². The molecular formula is C12H24N2O. The van der Waals surface area contributed by atoms with Crippen molar-refractivity contribution in [2.24, 2.45) is 0 Å². The molecule has 0 amide bonds. The monoisotopic (exact) mass is 212 g/mol. The maximum Gasteiger partial charge on any atom is 0.0558 e. The highest BCUT2D eigenvalue weighted by Gasteiger charge is 2.23. The summed E-state index contributed by atoms with van der Waals surface area (Å²) < 4.78 is 0. The fourth-order valence-corrected chi connectivity index (χ4v) is 2.55. The highest BCUT2D eigenvalue weighted by molar-refractivity contribution is 4.83. The minimum atomic E-state index is 0.312. The van der Waals surface area contributed by atoms with E-state index in [1.54, 1.807) is 0 Å². The van der Waals surface area contributed by atoms with Crippen molar-refractivity contribution < 1.29 is 5.11 Å². The van der Waals surface area contributed by atoms with Crippen LogP contribution in [-0.4, -0.2) is 48.3 Å². The number of hydrogen-bond acceptors (Lipinski definition) is 3. The van der Waals surface area contributed by atoms with Gasteiger partial charge >= 0.3 is 0 Å². The number of hydrogen-bond donors (Lipinski definition) is 2. The summed E-state index contributed by atoms with van der Waals surface area (Å²) in [6.45, 7) is 3.53. The van der Waals surface area contributed by atoms with Crippen LogP contribution in [0.5, 0.6) is 0 Å². The first-order chi connectivity index (χ1) is 7.40. The smallest absolute Gasteiger partial charge is 0.0558 e. The number of β-amino-alcohol motifs (C(OH)–C–C–N with tert-alkyl or cyclic N) is 1. The van der Waals surface area contributed by atoms with E-state index in [1.165, 1.54) is 45.1 Å². The quantitative estimate of drug-likeness (QED) is 0.689. The summed E-state index contributed by atoms with van der Waals surface area (Å²) in [7, 11) is 0. The van der Waals surface area contributed by atoms with E-state index in [0.717, 1.165) is 25.2 Å². The number of nitrogens with zero attached hydrogens (tertiary/aromatic N) is 1. The van der Waals surface area contributed by atoms with Crippen LogP contribution in [0.3, 0.4) is 0 Å². The van der Waals surface area contributed by atoms with Gasteiger partial charge in [0.2, 0.25) is 0 Å². The predicted molar refractivity (Wildman–Crippen MR) is 61.9 cm³/mol. The molecule has 1 saturated heterocycles. The largest absolute Gasteiger partial charge is 0.395 e. The van der Waals surface area contributed by atoms with Crippen LogP contribution in [0.25, 0.3) is 0 Å². The van der Waals surface area contributed by atoms with Gasteiger partial charge in [0.1, 0.15) is 0 Å². The minimum absolute atomic E-state index is 0.312. The zero-order valence-electron chi connectivity index (χ0n) is 9.62. The molecule has 2 rings (SSSR count). The van der Waals surface area contributed by atoms with Crippen LogP contribution in [0.4, 0.5) is 0 Å². The molecule has 0 aromatic heterocycles. The first kappa shape index (κ1) is 11.4. The Bertz CT molecular complexity index is 180. The highest BCUT2D eigenvalue weighted by atomic mass is 16.3. The molecule has 0 spiro atoms. The van der Waals surface area contributed by atoms with Crippen LogP contribution in [-0.2, 0) is 0 Å².